The van der Waals surface area contributed by atoms with Crippen LogP contribution in [0.1, 0.15) is 18.1 Å². The van der Waals surface area contributed by atoms with Gasteiger partial charge in [-0.2, -0.15) is 10.1 Å². The Hall–Kier alpha value is -3.71. The Labute approximate surface area is 190 Å². The van der Waals surface area contributed by atoms with Crippen LogP contribution in [0, 0.1) is 6.92 Å². The Morgan fingerprint density at radius 2 is 1.78 bits per heavy atom. The lowest BCUT2D eigenvalue weighted by atomic mass is 10.2. The first-order valence-electron chi connectivity index (χ1n) is 10.3. The van der Waals surface area contributed by atoms with Crippen molar-refractivity contribution in [3.63, 3.8) is 0 Å². The van der Waals surface area contributed by atoms with Crippen LogP contribution in [0.3, 0.4) is 0 Å². The molecular formula is C25H23N3O3S. The van der Waals surface area contributed by atoms with Gasteiger partial charge in [-0.15, -0.1) is 0 Å². The number of fused-ring (bicyclic) bond motifs is 1. The van der Waals surface area contributed by atoms with Gasteiger partial charge in [0.15, 0.2) is 6.61 Å². The van der Waals surface area contributed by atoms with E-state index in [1.54, 1.807) is 18.3 Å². The molecule has 0 unspecified atom stereocenters. The molecule has 3 aromatic carbocycles. The van der Waals surface area contributed by atoms with Gasteiger partial charge in [0.1, 0.15) is 11.5 Å². The highest BCUT2D eigenvalue weighted by molar-refractivity contribution is 7.22. The summed E-state index contributed by atoms with van der Waals surface area (Å²) < 4.78 is 12.1. The average molecular weight is 446 g/mol. The normalized spacial score (nSPS) is 11.1. The molecule has 0 aliphatic rings. The van der Waals surface area contributed by atoms with Crippen LogP contribution in [0.5, 0.6) is 11.5 Å². The number of para-hydroxylation sites is 1. The molecular weight excluding hydrogens is 422 g/mol. The molecule has 0 atom stereocenters. The number of hydrogen-bond acceptors (Lipinski definition) is 6. The third-order valence-corrected chi connectivity index (χ3v) is 5.56. The number of carbonyl (C=O) groups excluding carboxylic acids is 1. The van der Waals surface area contributed by atoms with E-state index in [4.69, 9.17) is 9.47 Å². The molecule has 0 aliphatic heterocycles. The summed E-state index contributed by atoms with van der Waals surface area (Å²) in [4.78, 5) is 17.7. The van der Waals surface area contributed by atoms with Crippen molar-refractivity contribution < 1.29 is 14.3 Å². The number of amides is 1. The third kappa shape index (κ3) is 5.31. The van der Waals surface area contributed by atoms with Crippen molar-refractivity contribution in [2.45, 2.75) is 13.8 Å². The number of aryl methyl sites for hydroxylation is 1. The van der Waals surface area contributed by atoms with Crippen LogP contribution in [0.25, 0.3) is 10.2 Å². The average Bonchev–Trinajstić information content (AvgIpc) is 3.22. The maximum absolute atomic E-state index is 13.1. The minimum Gasteiger partial charge on any atom is -0.494 e. The fraction of sp³-hybridized carbons (Fsp3) is 0.160. The molecule has 1 amide bonds. The number of nitrogens with zero attached hydrogens (tertiary/aromatic N) is 3. The molecule has 0 bridgehead atoms. The summed E-state index contributed by atoms with van der Waals surface area (Å²) in [6.07, 6.45) is 1.63. The first kappa shape index (κ1) is 21.5. The lowest BCUT2D eigenvalue weighted by molar-refractivity contribution is -0.120. The molecule has 1 aromatic heterocycles. The minimum absolute atomic E-state index is 0.153. The molecule has 4 aromatic rings. The highest BCUT2D eigenvalue weighted by Gasteiger charge is 2.20. The van der Waals surface area contributed by atoms with E-state index in [0.29, 0.717) is 17.5 Å². The number of aromatic nitrogens is 1. The summed E-state index contributed by atoms with van der Waals surface area (Å²) in [5, 5.41) is 6.26. The third-order valence-electron chi connectivity index (χ3n) is 4.57. The number of rotatable bonds is 8. The molecule has 32 heavy (non-hydrogen) atoms. The minimum atomic E-state index is -0.313. The molecule has 0 aliphatic carbocycles. The van der Waals surface area contributed by atoms with Crippen molar-refractivity contribution in [3.8, 4) is 11.5 Å². The topological polar surface area (TPSA) is 64.0 Å². The van der Waals surface area contributed by atoms with Crippen LogP contribution in [0.15, 0.2) is 77.9 Å². The van der Waals surface area contributed by atoms with Crippen LogP contribution in [-0.4, -0.2) is 30.3 Å². The molecule has 6 nitrogen and oxygen atoms in total. The Morgan fingerprint density at radius 1 is 1.03 bits per heavy atom. The molecule has 0 fully saturated rings. The lowest BCUT2D eigenvalue weighted by Crippen LogP contribution is -2.30. The Morgan fingerprint density at radius 3 is 2.53 bits per heavy atom. The van der Waals surface area contributed by atoms with E-state index in [0.717, 1.165) is 27.1 Å². The molecule has 0 saturated heterocycles. The molecule has 0 N–H and O–H groups in total. The predicted octanol–water partition coefficient (Wildman–Crippen LogP) is 5.45. The lowest BCUT2D eigenvalue weighted by Gasteiger charge is -2.14. The van der Waals surface area contributed by atoms with E-state index in [-0.39, 0.29) is 12.5 Å². The van der Waals surface area contributed by atoms with E-state index in [1.807, 2.05) is 68.4 Å². The molecule has 0 radical (unpaired) electrons. The van der Waals surface area contributed by atoms with Crippen molar-refractivity contribution >= 4 is 38.8 Å². The fourth-order valence-electron chi connectivity index (χ4n) is 2.99. The molecule has 7 heteroatoms. The number of thiazole rings is 1. The zero-order valence-electron chi connectivity index (χ0n) is 17.9. The smallest absolute Gasteiger partial charge is 0.287 e. The van der Waals surface area contributed by atoms with Gasteiger partial charge in [-0.1, -0.05) is 35.6 Å². The second-order valence-corrected chi connectivity index (χ2v) is 8.03. The molecule has 162 valence electrons. The number of hydrazone groups is 1. The second-order valence-electron chi connectivity index (χ2n) is 7.02. The van der Waals surface area contributed by atoms with Gasteiger partial charge in [-0.05, 0) is 73.5 Å². The van der Waals surface area contributed by atoms with Crippen LogP contribution >= 0.6 is 11.3 Å². The van der Waals surface area contributed by atoms with Crippen LogP contribution in [0.4, 0.5) is 5.13 Å². The highest BCUT2D eigenvalue weighted by Crippen LogP contribution is 2.30. The van der Waals surface area contributed by atoms with Gasteiger partial charge in [0.25, 0.3) is 5.91 Å². The van der Waals surface area contributed by atoms with Crippen LogP contribution in [-0.2, 0) is 4.79 Å². The zero-order valence-corrected chi connectivity index (χ0v) is 18.7. The number of carbonyl (C=O) groups is 1. The van der Waals surface area contributed by atoms with Gasteiger partial charge in [0, 0.05) is 0 Å². The summed E-state index contributed by atoms with van der Waals surface area (Å²) in [6.45, 7) is 4.42. The van der Waals surface area contributed by atoms with Crippen molar-refractivity contribution in [2.75, 3.05) is 18.2 Å². The van der Waals surface area contributed by atoms with Crippen molar-refractivity contribution in [2.24, 2.45) is 5.10 Å². The van der Waals surface area contributed by atoms with E-state index in [2.05, 4.69) is 16.2 Å². The van der Waals surface area contributed by atoms with E-state index in [1.165, 1.54) is 16.3 Å². The fourth-order valence-corrected chi connectivity index (χ4v) is 4.03. The van der Waals surface area contributed by atoms with Gasteiger partial charge in [-0.25, -0.2) is 4.98 Å². The van der Waals surface area contributed by atoms with Gasteiger partial charge < -0.3 is 9.47 Å². The molecule has 0 saturated carbocycles. The standard InChI is InChI=1S/C25H23N3O3S/c1-3-30-21-12-10-19(11-13-21)16-26-28(24(29)17-31-20-7-5-4-6-8-20)25-27-22-14-9-18(2)15-23(22)32-25/h4-16H,3,17H2,1-2H3/b26-16+. The van der Waals surface area contributed by atoms with Gasteiger partial charge in [0.05, 0.1) is 23.0 Å². The van der Waals surface area contributed by atoms with E-state index < -0.39 is 0 Å². The van der Waals surface area contributed by atoms with Crippen LogP contribution < -0.4 is 14.5 Å². The Balaban J connectivity index is 1.59. The van der Waals surface area contributed by atoms with Gasteiger partial charge >= 0.3 is 0 Å². The van der Waals surface area contributed by atoms with Crippen molar-refractivity contribution in [1.82, 2.24) is 4.98 Å². The maximum Gasteiger partial charge on any atom is 0.287 e. The summed E-state index contributed by atoms with van der Waals surface area (Å²) in [5.41, 5.74) is 2.80. The van der Waals surface area contributed by atoms with E-state index in [9.17, 15) is 4.79 Å². The monoisotopic (exact) mass is 445 g/mol. The van der Waals surface area contributed by atoms with Crippen LogP contribution in [0.2, 0.25) is 0 Å². The summed E-state index contributed by atoms with van der Waals surface area (Å²) in [7, 11) is 0. The highest BCUT2D eigenvalue weighted by atomic mass is 32.1. The van der Waals surface area contributed by atoms with Gasteiger partial charge in [0.2, 0.25) is 5.13 Å². The second kappa shape index (κ2) is 10.1. The SMILES string of the molecule is CCOc1ccc(/C=N/N(C(=O)COc2ccccc2)c2nc3ccc(C)cc3s2)cc1. The van der Waals surface area contributed by atoms with Gasteiger partial charge in [-0.3, -0.25) is 4.79 Å². The Bertz CT molecular complexity index is 1220. The zero-order chi connectivity index (χ0) is 22.3. The first-order valence-corrected chi connectivity index (χ1v) is 11.1. The number of benzene rings is 3. The summed E-state index contributed by atoms with van der Waals surface area (Å²) in [6, 6.07) is 22.7. The molecule has 4 rings (SSSR count). The van der Waals surface area contributed by atoms with Crippen molar-refractivity contribution in [1.29, 1.82) is 0 Å². The number of ether oxygens (including phenoxy) is 2. The summed E-state index contributed by atoms with van der Waals surface area (Å²) in [5.74, 6) is 1.10. The molecule has 0 spiro atoms. The van der Waals surface area contributed by atoms with E-state index >= 15 is 0 Å². The Kier molecular flexibility index (Phi) is 6.77. The van der Waals surface area contributed by atoms with Crippen molar-refractivity contribution in [3.05, 3.63) is 83.9 Å². The molecule has 1 heterocycles. The number of hydrogen-bond donors (Lipinski definition) is 0. The number of anilines is 1. The largest absolute Gasteiger partial charge is 0.494 e. The maximum atomic E-state index is 13.1. The quantitative estimate of drug-likeness (QED) is 0.267. The summed E-state index contributed by atoms with van der Waals surface area (Å²) >= 11 is 1.42. The first-order chi connectivity index (χ1) is 15.6. The predicted molar refractivity (Wildman–Crippen MR) is 129 cm³/mol.